The molecule has 1 saturated carbocycles. The van der Waals surface area contributed by atoms with Crippen LogP contribution in [0.3, 0.4) is 0 Å². The number of hydrogen-bond donors (Lipinski definition) is 1. The molecule has 3 rings (SSSR count). The zero-order valence-electron chi connectivity index (χ0n) is 11.1. The molecule has 2 aliphatic rings. The molecule has 2 N–H and O–H groups in total. The van der Waals surface area contributed by atoms with E-state index in [-0.39, 0.29) is 0 Å². The maximum Gasteiger partial charge on any atom is 0.0118 e. The van der Waals surface area contributed by atoms with Crippen LogP contribution in [0.5, 0.6) is 0 Å². The number of allylic oxidation sites excluding steroid dienone is 1. The van der Waals surface area contributed by atoms with Gasteiger partial charge in [-0.05, 0) is 78.8 Å². The second kappa shape index (κ2) is 4.31. The quantitative estimate of drug-likeness (QED) is 0.852. The number of benzene rings is 1. The van der Waals surface area contributed by atoms with E-state index >= 15 is 0 Å². The van der Waals surface area contributed by atoms with Crippen LogP contribution in [-0.2, 0) is 12.8 Å². The minimum atomic E-state index is 0.635. The van der Waals surface area contributed by atoms with Gasteiger partial charge in [-0.2, -0.15) is 0 Å². The predicted molar refractivity (Wildman–Crippen MR) is 78.2 cm³/mol. The Balaban J connectivity index is 2.12. The summed E-state index contributed by atoms with van der Waals surface area (Å²) in [6.07, 6.45) is 10.4. The third kappa shape index (κ3) is 1.88. The van der Waals surface area contributed by atoms with Crippen molar-refractivity contribution in [2.24, 2.45) is 11.7 Å². The summed E-state index contributed by atoms with van der Waals surface area (Å²) in [4.78, 5) is 0. The van der Waals surface area contributed by atoms with Gasteiger partial charge in [0.2, 0.25) is 0 Å². The van der Waals surface area contributed by atoms with Crippen molar-refractivity contribution in [3.05, 3.63) is 46.2 Å². The number of rotatable bonds is 3. The first-order chi connectivity index (χ1) is 8.70. The minimum absolute atomic E-state index is 0.635. The SMILES string of the molecule is C=Cc1cc2c(c(C)c1/C=C(\N)C1CC1)CCC2. The maximum absolute atomic E-state index is 6.18. The van der Waals surface area contributed by atoms with Gasteiger partial charge in [-0.25, -0.2) is 0 Å². The summed E-state index contributed by atoms with van der Waals surface area (Å²) in [5.41, 5.74) is 14.3. The summed E-state index contributed by atoms with van der Waals surface area (Å²) < 4.78 is 0. The van der Waals surface area contributed by atoms with Gasteiger partial charge in [-0.1, -0.05) is 18.7 Å². The van der Waals surface area contributed by atoms with Crippen LogP contribution < -0.4 is 5.73 Å². The summed E-state index contributed by atoms with van der Waals surface area (Å²) in [6.45, 7) is 6.20. The average molecular weight is 239 g/mol. The molecule has 1 nitrogen and oxygen atoms in total. The van der Waals surface area contributed by atoms with Gasteiger partial charge in [-0.3, -0.25) is 0 Å². The van der Waals surface area contributed by atoms with E-state index in [1.807, 2.05) is 6.08 Å². The van der Waals surface area contributed by atoms with E-state index in [1.54, 1.807) is 5.56 Å². The Morgan fingerprint density at radius 3 is 2.83 bits per heavy atom. The zero-order valence-corrected chi connectivity index (χ0v) is 11.1. The molecule has 0 unspecified atom stereocenters. The number of nitrogens with two attached hydrogens (primary N) is 1. The first-order valence-corrected chi connectivity index (χ1v) is 6.95. The standard InChI is InChI=1S/C17H21N/c1-3-12-9-14-5-4-6-15(14)11(2)16(12)10-17(18)13-7-8-13/h3,9-10,13H,1,4-8,18H2,2H3/b17-10-. The van der Waals surface area contributed by atoms with Gasteiger partial charge < -0.3 is 5.73 Å². The van der Waals surface area contributed by atoms with Crippen molar-refractivity contribution in [3.8, 4) is 0 Å². The fraction of sp³-hybridized carbons (Fsp3) is 0.412. The molecule has 1 fully saturated rings. The first kappa shape index (κ1) is 11.6. The van der Waals surface area contributed by atoms with Gasteiger partial charge in [-0.15, -0.1) is 0 Å². The second-order valence-corrected chi connectivity index (χ2v) is 5.62. The van der Waals surface area contributed by atoms with Gasteiger partial charge in [0.25, 0.3) is 0 Å². The molecule has 0 spiro atoms. The third-order valence-corrected chi connectivity index (χ3v) is 4.34. The molecule has 0 atom stereocenters. The normalized spacial score (nSPS) is 18.8. The summed E-state index contributed by atoms with van der Waals surface area (Å²) >= 11 is 0. The molecule has 0 saturated heterocycles. The van der Waals surface area contributed by atoms with E-state index in [2.05, 4.69) is 25.6 Å². The lowest BCUT2D eigenvalue weighted by Gasteiger charge is -2.13. The molecule has 1 aromatic rings. The highest BCUT2D eigenvalue weighted by molar-refractivity contribution is 5.71. The summed E-state index contributed by atoms with van der Waals surface area (Å²) in [5.74, 6) is 0.635. The Morgan fingerprint density at radius 1 is 1.39 bits per heavy atom. The molecule has 2 aliphatic carbocycles. The molecule has 94 valence electrons. The average Bonchev–Trinajstić information content (AvgIpc) is 3.11. The highest BCUT2D eigenvalue weighted by atomic mass is 14.6. The van der Waals surface area contributed by atoms with Crippen molar-refractivity contribution < 1.29 is 0 Å². The van der Waals surface area contributed by atoms with Gasteiger partial charge in [0.15, 0.2) is 0 Å². The van der Waals surface area contributed by atoms with Crippen molar-refractivity contribution in [2.45, 2.75) is 39.0 Å². The minimum Gasteiger partial charge on any atom is -0.402 e. The first-order valence-electron chi connectivity index (χ1n) is 6.95. The van der Waals surface area contributed by atoms with Crippen molar-refractivity contribution in [2.75, 3.05) is 0 Å². The molecule has 0 amide bonds. The van der Waals surface area contributed by atoms with Crippen LogP contribution in [0.25, 0.3) is 12.2 Å². The Bertz CT molecular complexity index is 533. The van der Waals surface area contributed by atoms with Crippen molar-refractivity contribution >= 4 is 12.2 Å². The lowest BCUT2D eigenvalue weighted by molar-refractivity contribution is 0.909. The van der Waals surface area contributed by atoms with Gasteiger partial charge in [0.05, 0.1) is 0 Å². The lowest BCUT2D eigenvalue weighted by Crippen LogP contribution is -2.02. The summed E-state index contributed by atoms with van der Waals surface area (Å²) in [7, 11) is 0. The molecule has 0 heterocycles. The Hall–Kier alpha value is -1.50. The van der Waals surface area contributed by atoms with Crippen LogP contribution in [0, 0.1) is 12.8 Å². The third-order valence-electron chi connectivity index (χ3n) is 4.34. The molecular formula is C17H21N. The highest BCUT2D eigenvalue weighted by Gasteiger charge is 2.25. The van der Waals surface area contributed by atoms with E-state index in [9.17, 15) is 0 Å². The molecule has 0 bridgehead atoms. The van der Waals surface area contributed by atoms with Gasteiger partial charge in [0.1, 0.15) is 0 Å². The van der Waals surface area contributed by atoms with E-state index in [0.29, 0.717) is 5.92 Å². The Morgan fingerprint density at radius 2 is 2.17 bits per heavy atom. The fourth-order valence-corrected chi connectivity index (χ4v) is 3.06. The molecule has 0 aliphatic heterocycles. The van der Waals surface area contributed by atoms with Crippen LogP contribution in [0.4, 0.5) is 0 Å². The molecular weight excluding hydrogens is 218 g/mol. The fourth-order valence-electron chi connectivity index (χ4n) is 3.06. The van der Waals surface area contributed by atoms with Crippen LogP contribution in [0.2, 0.25) is 0 Å². The molecule has 1 aromatic carbocycles. The highest BCUT2D eigenvalue weighted by Crippen LogP contribution is 2.37. The van der Waals surface area contributed by atoms with Crippen molar-refractivity contribution in [1.82, 2.24) is 0 Å². The van der Waals surface area contributed by atoms with Crippen LogP contribution >= 0.6 is 0 Å². The Labute approximate surface area is 109 Å². The largest absolute Gasteiger partial charge is 0.402 e. The Kier molecular flexibility index (Phi) is 2.77. The molecule has 1 heteroatoms. The smallest absolute Gasteiger partial charge is 0.0118 e. The lowest BCUT2D eigenvalue weighted by atomic mass is 9.92. The zero-order chi connectivity index (χ0) is 12.7. The number of hydrogen-bond acceptors (Lipinski definition) is 1. The predicted octanol–water partition coefficient (Wildman–Crippen LogP) is 3.84. The topological polar surface area (TPSA) is 26.0 Å². The van der Waals surface area contributed by atoms with E-state index in [1.165, 1.54) is 54.4 Å². The van der Waals surface area contributed by atoms with Crippen molar-refractivity contribution in [1.29, 1.82) is 0 Å². The molecule has 18 heavy (non-hydrogen) atoms. The second-order valence-electron chi connectivity index (χ2n) is 5.62. The van der Waals surface area contributed by atoms with E-state index in [4.69, 9.17) is 5.73 Å². The summed E-state index contributed by atoms with van der Waals surface area (Å²) in [5, 5.41) is 0. The van der Waals surface area contributed by atoms with Crippen LogP contribution in [-0.4, -0.2) is 0 Å². The van der Waals surface area contributed by atoms with E-state index < -0.39 is 0 Å². The van der Waals surface area contributed by atoms with Crippen LogP contribution in [0.1, 0.15) is 47.1 Å². The summed E-state index contributed by atoms with van der Waals surface area (Å²) in [6, 6.07) is 2.31. The maximum atomic E-state index is 6.18. The molecule has 0 aromatic heterocycles. The van der Waals surface area contributed by atoms with Gasteiger partial charge >= 0.3 is 0 Å². The van der Waals surface area contributed by atoms with Gasteiger partial charge in [0, 0.05) is 5.70 Å². The molecule has 0 radical (unpaired) electrons. The monoisotopic (exact) mass is 239 g/mol. The van der Waals surface area contributed by atoms with E-state index in [0.717, 1.165) is 5.70 Å². The number of fused-ring (bicyclic) bond motifs is 1. The van der Waals surface area contributed by atoms with Crippen LogP contribution in [0.15, 0.2) is 18.3 Å². The van der Waals surface area contributed by atoms with Crippen molar-refractivity contribution in [3.63, 3.8) is 0 Å². The number of aryl methyl sites for hydroxylation is 1.